The van der Waals surface area contributed by atoms with Gasteiger partial charge in [-0.25, -0.2) is 0 Å². The fourth-order valence-corrected chi connectivity index (χ4v) is 3.87. The Bertz CT molecular complexity index is 534. The number of anilines is 1. The molecule has 1 atom stereocenters. The largest absolute Gasteiger partial charge is 0.389 e. The van der Waals surface area contributed by atoms with E-state index in [-0.39, 0.29) is 0 Å². The van der Waals surface area contributed by atoms with Gasteiger partial charge in [0.25, 0.3) is 0 Å². The Morgan fingerprint density at radius 1 is 1.29 bits per heavy atom. The van der Waals surface area contributed by atoms with Gasteiger partial charge in [0.2, 0.25) is 0 Å². The Kier molecular flexibility index (Phi) is 4.78. The lowest BCUT2D eigenvalue weighted by Gasteiger charge is -2.32. The predicted octanol–water partition coefficient (Wildman–Crippen LogP) is 1.99. The molecule has 3 rings (SSSR count). The number of nitrogens with two attached hydrogens (primary N) is 1. The number of hydrogen-bond donors (Lipinski definition) is 1. The minimum absolute atomic E-state index is 0.440. The van der Waals surface area contributed by atoms with Crippen LogP contribution in [0.5, 0.6) is 0 Å². The highest BCUT2D eigenvalue weighted by Crippen LogP contribution is 2.31. The van der Waals surface area contributed by atoms with Gasteiger partial charge >= 0.3 is 0 Å². The van der Waals surface area contributed by atoms with Gasteiger partial charge in [-0.05, 0) is 40.5 Å². The third-order valence-electron chi connectivity index (χ3n) is 4.30. The quantitative estimate of drug-likeness (QED) is 0.825. The summed E-state index contributed by atoms with van der Waals surface area (Å²) >= 11 is 8.68. The molecule has 1 unspecified atom stereocenters. The van der Waals surface area contributed by atoms with E-state index < -0.39 is 0 Å². The maximum absolute atomic E-state index is 5.68. The molecule has 2 aliphatic rings. The van der Waals surface area contributed by atoms with E-state index >= 15 is 0 Å². The zero-order valence-electron chi connectivity index (χ0n) is 11.9. The molecule has 21 heavy (non-hydrogen) atoms. The summed E-state index contributed by atoms with van der Waals surface area (Å²) in [7, 11) is 0. The number of benzene rings is 1. The maximum Gasteiger partial charge on any atom is 0.104 e. The van der Waals surface area contributed by atoms with Crippen LogP contribution >= 0.6 is 28.1 Å². The zero-order valence-corrected chi connectivity index (χ0v) is 14.3. The van der Waals surface area contributed by atoms with E-state index in [4.69, 9.17) is 22.7 Å². The summed E-state index contributed by atoms with van der Waals surface area (Å²) in [5.74, 6) is 0. The van der Waals surface area contributed by atoms with Gasteiger partial charge < -0.3 is 15.4 Å². The summed E-state index contributed by atoms with van der Waals surface area (Å²) in [4.78, 5) is 5.43. The molecule has 1 aromatic carbocycles. The van der Waals surface area contributed by atoms with Gasteiger partial charge in [-0.1, -0.05) is 12.2 Å². The fourth-order valence-electron chi connectivity index (χ4n) is 3.12. The lowest BCUT2D eigenvalue weighted by molar-refractivity contribution is 0.0209. The van der Waals surface area contributed by atoms with Gasteiger partial charge in [0.05, 0.1) is 18.9 Å². The number of ether oxygens (including phenoxy) is 1. The molecule has 0 aromatic heterocycles. The first kappa shape index (κ1) is 15.2. The summed E-state index contributed by atoms with van der Waals surface area (Å²) in [6.45, 7) is 6.00. The standard InChI is InChI=1S/C15H20BrN3OS/c16-13-9-11(15(17)21)1-2-14(13)19-4-3-12(10-19)18-5-7-20-8-6-18/h1-2,9,12H,3-8,10H2,(H2,17,21). The van der Waals surface area contributed by atoms with E-state index in [1.54, 1.807) is 0 Å². The third-order valence-corrected chi connectivity index (χ3v) is 5.17. The van der Waals surface area contributed by atoms with Gasteiger partial charge in [-0.3, -0.25) is 4.90 Å². The summed E-state index contributed by atoms with van der Waals surface area (Å²) in [6.07, 6.45) is 1.21. The summed E-state index contributed by atoms with van der Waals surface area (Å²) in [6, 6.07) is 6.76. The molecule has 2 heterocycles. The molecule has 0 spiro atoms. The molecule has 0 saturated carbocycles. The molecule has 0 bridgehead atoms. The molecule has 0 aliphatic carbocycles. The SMILES string of the molecule is NC(=S)c1ccc(N2CCC(N3CCOCC3)C2)c(Br)c1. The van der Waals surface area contributed by atoms with Crippen LogP contribution in [0, 0.1) is 0 Å². The molecule has 114 valence electrons. The second-order valence-corrected chi connectivity index (χ2v) is 6.86. The lowest BCUT2D eigenvalue weighted by Crippen LogP contribution is -2.44. The molecule has 2 N–H and O–H groups in total. The van der Waals surface area contributed by atoms with Gasteiger partial charge in [-0.15, -0.1) is 0 Å². The average molecular weight is 370 g/mol. The van der Waals surface area contributed by atoms with Crippen molar-refractivity contribution in [3.63, 3.8) is 0 Å². The molecular formula is C15H20BrN3OS. The Morgan fingerprint density at radius 3 is 2.71 bits per heavy atom. The smallest absolute Gasteiger partial charge is 0.104 e. The molecular weight excluding hydrogens is 350 g/mol. The average Bonchev–Trinajstić information content (AvgIpc) is 2.97. The van der Waals surface area contributed by atoms with Crippen LogP contribution < -0.4 is 10.6 Å². The van der Waals surface area contributed by atoms with Crippen molar-refractivity contribution in [2.45, 2.75) is 12.5 Å². The van der Waals surface area contributed by atoms with Crippen molar-refractivity contribution < 1.29 is 4.74 Å². The van der Waals surface area contributed by atoms with Crippen molar-refractivity contribution in [2.24, 2.45) is 5.73 Å². The highest BCUT2D eigenvalue weighted by molar-refractivity contribution is 9.10. The van der Waals surface area contributed by atoms with E-state index in [2.05, 4.69) is 31.8 Å². The lowest BCUT2D eigenvalue weighted by atomic mass is 10.2. The molecule has 2 saturated heterocycles. The number of thiocarbonyl (C=S) groups is 1. The number of rotatable bonds is 3. The molecule has 0 radical (unpaired) electrons. The van der Waals surface area contributed by atoms with Crippen molar-refractivity contribution in [1.29, 1.82) is 0 Å². The topological polar surface area (TPSA) is 41.7 Å². The van der Waals surface area contributed by atoms with Crippen LogP contribution in [0.1, 0.15) is 12.0 Å². The minimum atomic E-state index is 0.440. The number of hydrogen-bond acceptors (Lipinski definition) is 4. The van der Waals surface area contributed by atoms with Crippen LogP contribution in [0.15, 0.2) is 22.7 Å². The normalized spacial score (nSPS) is 23.5. The van der Waals surface area contributed by atoms with Crippen LogP contribution in [0.2, 0.25) is 0 Å². The van der Waals surface area contributed by atoms with Crippen LogP contribution in [0.3, 0.4) is 0 Å². The van der Waals surface area contributed by atoms with Crippen molar-refractivity contribution in [1.82, 2.24) is 4.90 Å². The highest BCUT2D eigenvalue weighted by atomic mass is 79.9. The first-order chi connectivity index (χ1) is 10.1. The van der Waals surface area contributed by atoms with E-state index in [0.717, 1.165) is 49.4 Å². The van der Waals surface area contributed by atoms with Crippen molar-refractivity contribution >= 4 is 38.8 Å². The van der Waals surface area contributed by atoms with Crippen molar-refractivity contribution in [2.75, 3.05) is 44.3 Å². The Hall–Kier alpha value is -0.690. The van der Waals surface area contributed by atoms with E-state index in [1.807, 2.05) is 12.1 Å². The molecule has 6 heteroatoms. The number of nitrogens with zero attached hydrogens (tertiary/aromatic N) is 2. The van der Waals surface area contributed by atoms with Crippen LogP contribution in [-0.4, -0.2) is 55.3 Å². The van der Waals surface area contributed by atoms with Gasteiger partial charge in [0, 0.05) is 42.3 Å². The molecule has 2 aliphatic heterocycles. The Balaban J connectivity index is 1.69. The van der Waals surface area contributed by atoms with Crippen molar-refractivity contribution in [3.8, 4) is 0 Å². The van der Waals surface area contributed by atoms with Crippen LogP contribution in [-0.2, 0) is 4.74 Å². The molecule has 2 fully saturated rings. The Morgan fingerprint density at radius 2 is 2.05 bits per heavy atom. The second-order valence-electron chi connectivity index (χ2n) is 5.57. The van der Waals surface area contributed by atoms with Gasteiger partial charge in [0.1, 0.15) is 4.99 Å². The van der Waals surface area contributed by atoms with Crippen LogP contribution in [0.4, 0.5) is 5.69 Å². The number of morpholine rings is 1. The highest BCUT2D eigenvalue weighted by Gasteiger charge is 2.29. The van der Waals surface area contributed by atoms with Gasteiger partial charge in [-0.2, -0.15) is 0 Å². The third kappa shape index (κ3) is 3.39. The molecule has 1 aromatic rings. The minimum Gasteiger partial charge on any atom is -0.389 e. The van der Waals surface area contributed by atoms with E-state index in [9.17, 15) is 0 Å². The van der Waals surface area contributed by atoms with E-state index in [0.29, 0.717) is 11.0 Å². The van der Waals surface area contributed by atoms with Crippen LogP contribution in [0.25, 0.3) is 0 Å². The summed E-state index contributed by atoms with van der Waals surface area (Å²) in [5.41, 5.74) is 7.82. The summed E-state index contributed by atoms with van der Waals surface area (Å²) in [5, 5.41) is 0. The monoisotopic (exact) mass is 369 g/mol. The van der Waals surface area contributed by atoms with Gasteiger partial charge in [0.15, 0.2) is 0 Å². The Labute approximate surface area is 139 Å². The summed E-state index contributed by atoms with van der Waals surface area (Å²) < 4.78 is 6.50. The second kappa shape index (κ2) is 6.60. The maximum atomic E-state index is 5.68. The van der Waals surface area contributed by atoms with E-state index in [1.165, 1.54) is 12.1 Å². The first-order valence-corrected chi connectivity index (χ1v) is 8.51. The fraction of sp³-hybridized carbons (Fsp3) is 0.533. The van der Waals surface area contributed by atoms with Crippen molar-refractivity contribution in [3.05, 3.63) is 28.2 Å². The predicted molar refractivity (Wildman–Crippen MR) is 93.0 cm³/mol. The zero-order chi connectivity index (χ0) is 14.8. The molecule has 0 amide bonds. The molecule has 4 nitrogen and oxygen atoms in total. The first-order valence-electron chi connectivity index (χ1n) is 7.31. The number of halogens is 1.